The molecule has 1 saturated carbocycles. The molecule has 5 nitrogen and oxygen atoms in total. The van der Waals surface area contributed by atoms with E-state index in [0.717, 1.165) is 12.8 Å². The fourth-order valence-electron chi connectivity index (χ4n) is 2.13. The van der Waals surface area contributed by atoms with E-state index in [4.69, 9.17) is 4.74 Å². The van der Waals surface area contributed by atoms with Gasteiger partial charge < -0.3 is 4.74 Å². The van der Waals surface area contributed by atoms with Crippen LogP contribution in [-0.4, -0.2) is 16.7 Å². The molecular formula is C12H12N2O3. The Balaban J connectivity index is 2.52. The van der Waals surface area contributed by atoms with Crippen molar-refractivity contribution < 1.29 is 4.74 Å². The van der Waals surface area contributed by atoms with Gasteiger partial charge >= 0.3 is 5.69 Å². The molecule has 1 aromatic heterocycles. The molecule has 0 aliphatic heterocycles. The van der Waals surface area contributed by atoms with E-state index < -0.39 is 0 Å². The second kappa shape index (κ2) is 3.48. The summed E-state index contributed by atoms with van der Waals surface area (Å²) in [6, 6.07) is 5.41. The first kappa shape index (κ1) is 10.1. The molecule has 0 radical (unpaired) electrons. The van der Waals surface area contributed by atoms with Crippen LogP contribution in [0.3, 0.4) is 0 Å². The van der Waals surface area contributed by atoms with Crippen molar-refractivity contribution in [2.45, 2.75) is 18.9 Å². The minimum Gasteiger partial charge on any atom is -0.495 e. The predicted molar refractivity (Wildman–Crippen MR) is 63.7 cm³/mol. The number of nitrogens with zero attached hydrogens (tertiary/aromatic N) is 1. The number of fused-ring (bicyclic) bond motifs is 1. The van der Waals surface area contributed by atoms with Crippen LogP contribution in [0.5, 0.6) is 5.75 Å². The molecule has 1 N–H and O–H groups in total. The molecule has 1 fully saturated rings. The highest BCUT2D eigenvalue weighted by molar-refractivity contribution is 5.84. The number of ether oxygens (including phenoxy) is 1. The first-order valence-electron chi connectivity index (χ1n) is 5.54. The zero-order valence-electron chi connectivity index (χ0n) is 9.40. The number of benzene rings is 1. The molecule has 1 aromatic carbocycles. The monoisotopic (exact) mass is 232 g/mol. The molecule has 0 spiro atoms. The number of aromatic amines is 1. The summed E-state index contributed by atoms with van der Waals surface area (Å²) >= 11 is 0. The van der Waals surface area contributed by atoms with Gasteiger partial charge in [0.05, 0.1) is 12.5 Å². The maximum atomic E-state index is 11.9. The number of nitrogens with one attached hydrogen (secondary N) is 1. The van der Waals surface area contributed by atoms with Gasteiger partial charge in [-0.1, -0.05) is 6.07 Å². The third kappa shape index (κ3) is 1.46. The molecule has 1 aliphatic carbocycles. The van der Waals surface area contributed by atoms with E-state index in [1.165, 1.54) is 7.11 Å². The van der Waals surface area contributed by atoms with Crippen LogP contribution in [-0.2, 0) is 0 Å². The summed E-state index contributed by atoms with van der Waals surface area (Å²) in [5, 5.41) is 0.496. The van der Waals surface area contributed by atoms with E-state index in [0.29, 0.717) is 16.7 Å². The summed E-state index contributed by atoms with van der Waals surface area (Å²) in [4.78, 5) is 25.9. The quantitative estimate of drug-likeness (QED) is 0.841. The maximum Gasteiger partial charge on any atom is 0.329 e. The van der Waals surface area contributed by atoms with Crippen molar-refractivity contribution in [1.82, 2.24) is 9.55 Å². The van der Waals surface area contributed by atoms with Gasteiger partial charge in [-0.15, -0.1) is 0 Å². The number of rotatable bonds is 2. The van der Waals surface area contributed by atoms with Crippen molar-refractivity contribution in [3.05, 3.63) is 39.0 Å². The summed E-state index contributed by atoms with van der Waals surface area (Å²) in [5.74, 6) is 0.567. The van der Waals surface area contributed by atoms with Crippen molar-refractivity contribution in [2.24, 2.45) is 0 Å². The van der Waals surface area contributed by atoms with Gasteiger partial charge in [-0.3, -0.25) is 14.3 Å². The maximum absolute atomic E-state index is 11.9. The zero-order chi connectivity index (χ0) is 12.0. The fourth-order valence-corrected chi connectivity index (χ4v) is 2.13. The van der Waals surface area contributed by atoms with Crippen LogP contribution in [0.2, 0.25) is 0 Å². The Kier molecular flexibility index (Phi) is 2.07. The third-order valence-corrected chi connectivity index (χ3v) is 3.06. The molecule has 2 aromatic rings. The van der Waals surface area contributed by atoms with Crippen molar-refractivity contribution in [3.63, 3.8) is 0 Å². The van der Waals surface area contributed by atoms with Crippen molar-refractivity contribution in [1.29, 1.82) is 0 Å². The summed E-state index contributed by atoms with van der Waals surface area (Å²) in [6.45, 7) is 0. The Bertz CT molecular complexity index is 695. The van der Waals surface area contributed by atoms with Gasteiger partial charge in [0, 0.05) is 6.04 Å². The molecule has 1 heterocycles. The Morgan fingerprint density at radius 1 is 1.35 bits per heavy atom. The van der Waals surface area contributed by atoms with Gasteiger partial charge in [-0.05, 0) is 25.0 Å². The largest absolute Gasteiger partial charge is 0.495 e. The normalized spacial score (nSPS) is 15.1. The molecule has 88 valence electrons. The summed E-state index contributed by atoms with van der Waals surface area (Å²) in [5.41, 5.74) is -0.110. The highest BCUT2D eigenvalue weighted by Crippen LogP contribution is 2.37. The van der Waals surface area contributed by atoms with Gasteiger partial charge in [0.15, 0.2) is 0 Å². The fraction of sp³-hybridized carbons (Fsp3) is 0.333. The van der Waals surface area contributed by atoms with Crippen molar-refractivity contribution in [2.75, 3.05) is 7.11 Å². The lowest BCUT2D eigenvalue weighted by atomic mass is 10.2. The molecule has 1 aliphatic rings. The number of H-pyrrole nitrogens is 1. The number of hydrogen-bond acceptors (Lipinski definition) is 3. The van der Waals surface area contributed by atoms with Gasteiger partial charge in [0.2, 0.25) is 0 Å². The topological polar surface area (TPSA) is 64.1 Å². The van der Waals surface area contributed by atoms with Gasteiger partial charge in [0.1, 0.15) is 11.3 Å². The summed E-state index contributed by atoms with van der Waals surface area (Å²) in [6.07, 6.45) is 1.94. The van der Waals surface area contributed by atoms with Gasteiger partial charge in [-0.2, -0.15) is 0 Å². The van der Waals surface area contributed by atoms with Crippen LogP contribution >= 0.6 is 0 Å². The predicted octanol–water partition coefficient (Wildman–Crippen LogP) is 1.03. The third-order valence-electron chi connectivity index (χ3n) is 3.06. The van der Waals surface area contributed by atoms with E-state index in [2.05, 4.69) is 4.98 Å². The number of para-hydroxylation sites is 1. The Hall–Kier alpha value is -2.04. The van der Waals surface area contributed by atoms with Gasteiger partial charge in [0.25, 0.3) is 5.56 Å². The SMILES string of the molecule is COc1cccc2c(=O)[nH]c(=O)n(C3CC3)c12. The molecule has 5 heteroatoms. The number of methoxy groups -OCH3 is 1. The summed E-state index contributed by atoms with van der Waals surface area (Å²) in [7, 11) is 1.54. The van der Waals surface area contributed by atoms with E-state index in [-0.39, 0.29) is 17.3 Å². The zero-order valence-corrected chi connectivity index (χ0v) is 9.40. The average molecular weight is 232 g/mol. The molecule has 3 rings (SSSR count). The van der Waals surface area contributed by atoms with Crippen LogP contribution < -0.4 is 16.0 Å². The van der Waals surface area contributed by atoms with E-state index in [9.17, 15) is 9.59 Å². The Morgan fingerprint density at radius 2 is 2.12 bits per heavy atom. The van der Waals surface area contributed by atoms with Crippen LogP contribution in [0.4, 0.5) is 0 Å². The molecule has 0 saturated heterocycles. The van der Waals surface area contributed by atoms with Crippen molar-refractivity contribution in [3.8, 4) is 5.75 Å². The molecule has 0 amide bonds. The molecule has 0 atom stereocenters. The second-order valence-corrected chi connectivity index (χ2v) is 4.22. The standard InChI is InChI=1S/C12H12N2O3/c1-17-9-4-2-3-8-10(9)14(7-5-6-7)12(16)13-11(8)15/h2-4,7H,5-6H2,1H3,(H,13,15,16). The molecule has 0 unspecified atom stereocenters. The first-order valence-corrected chi connectivity index (χ1v) is 5.54. The van der Waals surface area contributed by atoms with Crippen LogP contribution in [0.25, 0.3) is 10.9 Å². The lowest BCUT2D eigenvalue weighted by Crippen LogP contribution is -2.30. The first-order chi connectivity index (χ1) is 8.22. The van der Waals surface area contributed by atoms with E-state index in [1.54, 1.807) is 22.8 Å². The molecule has 17 heavy (non-hydrogen) atoms. The van der Waals surface area contributed by atoms with Gasteiger partial charge in [-0.25, -0.2) is 4.79 Å². The minimum absolute atomic E-state index is 0.193. The van der Waals surface area contributed by atoms with Crippen LogP contribution in [0.15, 0.2) is 27.8 Å². The molecular weight excluding hydrogens is 220 g/mol. The molecule has 0 bridgehead atoms. The van der Waals surface area contributed by atoms with Crippen molar-refractivity contribution >= 4 is 10.9 Å². The minimum atomic E-state index is -0.360. The smallest absolute Gasteiger partial charge is 0.329 e. The Morgan fingerprint density at radius 3 is 2.76 bits per heavy atom. The average Bonchev–Trinajstić information content (AvgIpc) is 3.13. The van der Waals surface area contributed by atoms with Crippen LogP contribution in [0, 0.1) is 0 Å². The van der Waals surface area contributed by atoms with E-state index >= 15 is 0 Å². The summed E-state index contributed by atoms with van der Waals surface area (Å²) < 4.78 is 6.88. The lowest BCUT2D eigenvalue weighted by Gasteiger charge is -2.11. The number of hydrogen-bond donors (Lipinski definition) is 1. The van der Waals surface area contributed by atoms with Crippen LogP contribution in [0.1, 0.15) is 18.9 Å². The van der Waals surface area contributed by atoms with E-state index in [1.807, 2.05) is 0 Å². The highest BCUT2D eigenvalue weighted by atomic mass is 16.5. The highest BCUT2D eigenvalue weighted by Gasteiger charge is 2.28. The number of aromatic nitrogens is 2. The second-order valence-electron chi connectivity index (χ2n) is 4.22. The Labute approximate surface area is 96.7 Å². The lowest BCUT2D eigenvalue weighted by molar-refractivity contribution is 0.416.